The zero-order chi connectivity index (χ0) is 14.0. The van der Waals surface area contributed by atoms with Crippen molar-refractivity contribution in [2.45, 2.75) is 25.1 Å². The summed E-state index contributed by atoms with van der Waals surface area (Å²) in [6.07, 6.45) is -5.03. The Balaban J connectivity index is 2.23. The topological polar surface area (TPSA) is 25.2 Å². The highest BCUT2D eigenvalue weighted by Gasteiger charge is 2.29. The van der Waals surface area contributed by atoms with Crippen LogP contribution in [0.15, 0.2) is 33.2 Å². The maximum absolute atomic E-state index is 12.3. The van der Waals surface area contributed by atoms with Gasteiger partial charge in [0.05, 0.1) is 10.5 Å². The molecule has 19 heavy (non-hydrogen) atoms. The summed E-state index contributed by atoms with van der Waals surface area (Å²) in [6, 6.07) is 6.89. The number of hydrogen-bond acceptors (Lipinski definition) is 2. The van der Waals surface area contributed by atoms with Crippen LogP contribution in [0.3, 0.4) is 0 Å². The summed E-state index contributed by atoms with van der Waals surface area (Å²) < 4.78 is 43.2. The molecule has 0 fully saturated rings. The van der Waals surface area contributed by atoms with Gasteiger partial charge >= 0.3 is 6.18 Å². The molecule has 1 aromatic carbocycles. The first-order valence-electron chi connectivity index (χ1n) is 5.82. The lowest BCUT2D eigenvalue weighted by molar-refractivity contribution is -0.136. The second-order valence-corrected chi connectivity index (χ2v) is 5.16. The van der Waals surface area contributed by atoms with Gasteiger partial charge in [-0.1, -0.05) is 12.1 Å². The monoisotopic (exact) mass is 335 g/mol. The van der Waals surface area contributed by atoms with Crippen molar-refractivity contribution in [2.75, 3.05) is 7.05 Å². The van der Waals surface area contributed by atoms with Crippen molar-refractivity contribution in [3.63, 3.8) is 0 Å². The van der Waals surface area contributed by atoms with Gasteiger partial charge in [-0.05, 0) is 41.5 Å². The molecule has 0 saturated carbocycles. The molecule has 0 aliphatic rings. The number of fused-ring (bicyclic) bond motifs is 1. The van der Waals surface area contributed by atoms with E-state index in [9.17, 15) is 13.2 Å². The van der Waals surface area contributed by atoms with E-state index in [1.54, 1.807) is 13.1 Å². The average molecular weight is 336 g/mol. The van der Waals surface area contributed by atoms with E-state index in [-0.39, 0.29) is 6.42 Å². The smallest absolute Gasteiger partial charge is 0.389 e. The van der Waals surface area contributed by atoms with Crippen molar-refractivity contribution < 1.29 is 17.6 Å². The van der Waals surface area contributed by atoms with Crippen LogP contribution in [0.1, 0.15) is 24.6 Å². The predicted octanol–water partition coefficient (Wildman–Crippen LogP) is 4.80. The largest absolute Gasteiger partial charge is 0.458 e. The van der Waals surface area contributed by atoms with Gasteiger partial charge in [-0.15, -0.1) is 0 Å². The number of para-hydroxylation sites is 1. The maximum atomic E-state index is 12.3. The minimum atomic E-state index is -4.15. The molecule has 0 radical (unpaired) electrons. The van der Waals surface area contributed by atoms with Crippen molar-refractivity contribution in [3.8, 4) is 0 Å². The molecule has 0 amide bonds. The number of hydrogen-bond donors (Lipinski definition) is 1. The Morgan fingerprint density at radius 2 is 2.11 bits per heavy atom. The molecule has 0 aliphatic carbocycles. The summed E-state index contributed by atoms with van der Waals surface area (Å²) in [7, 11) is 1.63. The molecule has 1 aromatic heterocycles. The van der Waals surface area contributed by atoms with Crippen molar-refractivity contribution in [2.24, 2.45) is 0 Å². The average Bonchev–Trinajstić information content (AvgIpc) is 2.73. The number of alkyl halides is 3. The lowest BCUT2D eigenvalue weighted by atomic mass is 10.1. The molecule has 0 bridgehead atoms. The Bertz CT molecular complexity index is 565. The lowest BCUT2D eigenvalue weighted by Crippen LogP contribution is -2.19. The Morgan fingerprint density at radius 1 is 1.37 bits per heavy atom. The van der Waals surface area contributed by atoms with Gasteiger partial charge in [-0.2, -0.15) is 13.2 Å². The van der Waals surface area contributed by atoms with Crippen LogP contribution in [0, 0.1) is 0 Å². The highest BCUT2D eigenvalue weighted by molar-refractivity contribution is 9.10. The van der Waals surface area contributed by atoms with E-state index in [0.717, 1.165) is 9.86 Å². The van der Waals surface area contributed by atoms with Crippen molar-refractivity contribution in [1.82, 2.24) is 5.32 Å². The number of benzene rings is 1. The van der Waals surface area contributed by atoms with Gasteiger partial charge < -0.3 is 9.73 Å². The first-order valence-corrected chi connectivity index (χ1v) is 6.62. The Hall–Kier alpha value is -1.01. The van der Waals surface area contributed by atoms with Gasteiger partial charge in [0, 0.05) is 11.8 Å². The third-order valence-corrected chi connectivity index (χ3v) is 3.55. The number of halogens is 4. The van der Waals surface area contributed by atoms with Gasteiger partial charge in [-0.25, -0.2) is 0 Å². The quantitative estimate of drug-likeness (QED) is 0.868. The normalized spacial score (nSPS) is 13.9. The number of furan rings is 1. The molecular formula is C13H13BrF3NO. The molecule has 1 N–H and O–H groups in total. The molecular weight excluding hydrogens is 323 g/mol. The van der Waals surface area contributed by atoms with Crippen LogP contribution in [0.4, 0.5) is 13.2 Å². The summed E-state index contributed by atoms with van der Waals surface area (Å²) in [6.45, 7) is 0. The second kappa shape index (κ2) is 5.54. The van der Waals surface area contributed by atoms with Crippen molar-refractivity contribution >= 4 is 26.9 Å². The van der Waals surface area contributed by atoms with E-state index in [0.29, 0.717) is 11.3 Å². The Labute approximate surface area is 117 Å². The fourth-order valence-corrected chi connectivity index (χ4v) is 2.42. The molecule has 0 saturated heterocycles. The molecule has 2 nitrogen and oxygen atoms in total. The highest BCUT2D eigenvalue weighted by Crippen LogP contribution is 2.33. The van der Waals surface area contributed by atoms with Gasteiger partial charge in [0.25, 0.3) is 0 Å². The molecule has 1 unspecified atom stereocenters. The predicted molar refractivity (Wildman–Crippen MR) is 71.0 cm³/mol. The van der Waals surface area contributed by atoms with E-state index >= 15 is 0 Å². The minimum Gasteiger partial charge on any atom is -0.458 e. The van der Waals surface area contributed by atoms with Crippen LogP contribution in [0.5, 0.6) is 0 Å². The summed E-state index contributed by atoms with van der Waals surface area (Å²) >= 11 is 3.36. The van der Waals surface area contributed by atoms with E-state index < -0.39 is 18.6 Å². The third kappa shape index (κ3) is 3.51. The first kappa shape index (κ1) is 14.4. The van der Waals surface area contributed by atoms with E-state index in [1.165, 1.54) is 0 Å². The van der Waals surface area contributed by atoms with E-state index in [1.807, 2.05) is 18.2 Å². The van der Waals surface area contributed by atoms with Gasteiger partial charge in [0.2, 0.25) is 0 Å². The SMILES string of the molecule is CNC(CCC(F)(F)F)c1cc2cccc(Br)c2o1. The minimum absolute atomic E-state index is 0.0442. The zero-order valence-electron chi connectivity index (χ0n) is 10.2. The molecule has 0 spiro atoms. The van der Waals surface area contributed by atoms with Crippen LogP contribution in [0.25, 0.3) is 11.0 Å². The summed E-state index contributed by atoms with van der Waals surface area (Å²) in [5.74, 6) is 0.522. The summed E-state index contributed by atoms with van der Waals surface area (Å²) in [5.41, 5.74) is 0.657. The Morgan fingerprint density at radius 3 is 2.68 bits per heavy atom. The van der Waals surface area contributed by atoms with E-state index in [2.05, 4.69) is 21.2 Å². The van der Waals surface area contributed by atoms with Crippen LogP contribution in [-0.2, 0) is 0 Å². The van der Waals surface area contributed by atoms with Gasteiger partial charge in [0.15, 0.2) is 0 Å². The van der Waals surface area contributed by atoms with Gasteiger partial charge in [0.1, 0.15) is 11.3 Å². The van der Waals surface area contributed by atoms with Crippen LogP contribution in [-0.4, -0.2) is 13.2 Å². The third-order valence-electron chi connectivity index (χ3n) is 2.92. The molecule has 0 aliphatic heterocycles. The molecule has 2 aromatic rings. The van der Waals surface area contributed by atoms with Crippen molar-refractivity contribution in [3.05, 3.63) is 34.5 Å². The first-order chi connectivity index (χ1) is 8.90. The fraction of sp³-hybridized carbons (Fsp3) is 0.385. The molecule has 104 valence electrons. The highest BCUT2D eigenvalue weighted by atomic mass is 79.9. The summed E-state index contributed by atoms with van der Waals surface area (Å²) in [5, 5.41) is 3.73. The van der Waals surface area contributed by atoms with Gasteiger partial charge in [-0.3, -0.25) is 0 Å². The zero-order valence-corrected chi connectivity index (χ0v) is 11.8. The lowest BCUT2D eigenvalue weighted by Gasteiger charge is -2.14. The second-order valence-electron chi connectivity index (χ2n) is 4.30. The molecule has 2 rings (SSSR count). The molecule has 6 heteroatoms. The fourth-order valence-electron chi connectivity index (χ4n) is 1.96. The standard InChI is InChI=1S/C13H13BrF3NO/c1-18-10(5-6-13(15,16)17)11-7-8-3-2-4-9(14)12(8)19-11/h2-4,7,10,18H,5-6H2,1H3. The Kier molecular flexibility index (Phi) is 4.20. The molecule has 1 atom stereocenters. The van der Waals surface area contributed by atoms with Crippen LogP contribution < -0.4 is 5.32 Å². The van der Waals surface area contributed by atoms with E-state index in [4.69, 9.17) is 4.42 Å². The van der Waals surface area contributed by atoms with Crippen LogP contribution >= 0.6 is 15.9 Å². The van der Waals surface area contributed by atoms with Crippen molar-refractivity contribution in [1.29, 1.82) is 0 Å². The maximum Gasteiger partial charge on any atom is 0.389 e. The summed E-state index contributed by atoms with van der Waals surface area (Å²) in [4.78, 5) is 0. The number of rotatable bonds is 4. The number of nitrogens with one attached hydrogen (secondary N) is 1. The van der Waals surface area contributed by atoms with Crippen LogP contribution in [0.2, 0.25) is 0 Å². The molecule has 1 heterocycles.